The Balaban J connectivity index is 2.96. The molecule has 5 heteroatoms. The molecule has 0 fully saturated rings. The number of nitriles is 1. The Labute approximate surface area is 90.5 Å². The molecule has 0 bridgehead atoms. The van der Waals surface area contributed by atoms with E-state index in [0.717, 1.165) is 7.57 Å². The van der Waals surface area contributed by atoms with E-state index in [0.29, 0.717) is 5.56 Å². The van der Waals surface area contributed by atoms with Crippen molar-refractivity contribution in [1.82, 2.24) is 0 Å². The van der Waals surface area contributed by atoms with E-state index >= 15 is 0 Å². The van der Waals surface area contributed by atoms with Crippen molar-refractivity contribution in [1.29, 1.82) is 5.26 Å². The summed E-state index contributed by atoms with van der Waals surface area (Å²) in [7, 11) is 0. The number of rotatable bonds is 2. The number of carbonyl (C=O) groups excluding carboxylic acids is 1. The number of hydrogen-bond donors (Lipinski definition) is 0. The maximum Gasteiger partial charge on any atom is 0.178 e. The SMILES string of the molecule is N#CCC(=O)c1cc(Br)sc1Br. The van der Waals surface area contributed by atoms with Gasteiger partial charge in [0, 0.05) is 5.56 Å². The first-order valence-corrected chi connectivity index (χ1v) is 5.40. The predicted octanol–water partition coefficient (Wildman–Crippen LogP) is 3.37. The van der Waals surface area contributed by atoms with E-state index in [1.807, 2.05) is 6.07 Å². The summed E-state index contributed by atoms with van der Waals surface area (Å²) >= 11 is 7.93. The summed E-state index contributed by atoms with van der Waals surface area (Å²) in [6, 6.07) is 3.54. The number of hydrogen-bond acceptors (Lipinski definition) is 3. The molecule has 0 unspecified atom stereocenters. The molecule has 0 aromatic carbocycles. The first-order valence-electron chi connectivity index (χ1n) is 3.00. The Bertz CT molecular complexity index is 353. The molecule has 12 heavy (non-hydrogen) atoms. The molecule has 1 aromatic rings. The minimum absolute atomic E-state index is 0.0677. The topological polar surface area (TPSA) is 40.9 Å². The highest BCUT2D eigenvalue weighted by atomic mass is 79.9. The highest BCUT2D eigenvalue weighted by Gasteiger charge is 2.12. The summed E-state index contributed by atoms with van der Waals surface area (Å²) in [6.07, 6.45) is -0.0677. The fraction of sp³-hybridized carbons (Fsp3) is 0.143. The van der Waals surface area contributed by atoms with Crippen LogP contribution in [0.3, 0.4) is 0 Å². The second-order valence-corrected chi connectivity index (χ2v) is 5.75. The first-order chi connectivity index (χ1) is 5.65. The van der Waals surface area contributed by atoms with Gasteiger partial charge in [0.15, 0.2) is 5.78 Å². The van der Waals surface area contributed by atoms with E-state index in [4.69, 9.17) is 5.26 Å². The fourth-order valence-corrected chi connectivity index (χ4v) is 3.55. The van der Waals surface area contributed by atoms with Crippen molar-refractivity contribution < 1.29 is 4.79 Å². The molecule has 0 atom stereocenters. The van der Waals surface area contributed by atoms with Crippen molar-refractivity contribution in [2.75, 3.05) is 0 Å². The lowest BCUT2D eigenvalue weighted by Gasteiger charge is -1.89. The van der Waals surface area contributed by atoms with Gasteiger partial charge in [-0.3, -0.25) is 4.79 Å². The van der Waals surface area contributed by atoms with Crippen molar-refractivity contribution >= 4 is 49.0 Å². The van der Waals surface area contributed by atoms with Gasteiger partial charge in [0.25, 0.3) is 0 Å². The largest absolute Gasteiger partial charge is 0.293 e. The maximum absolute atomic E-state index is 11.2. The summed E-state index contributed by atoms with van der Waals surface area (Å²) in [4.78, 5) is 11.2. The van der Waals surface area contributed by atoms with E-state index in [1.54, 1.807) is 6.07 Å². The van der Waals surface area contributed by atoms with Crippen molar-refractivity contribution in [2.45, 2.75) is 6.42 Å². The van der Waals surface area contributed by atoms with Gasteiger partial charge in [-0.1, -0.05) is 0 Å². The summed E-state index contributed by atoms with van der Waals surface area (Å²) in [5, 5.41) is 8.30. The van der Waals surface area contributed by atoms with Gasteiger partial charge in [-0.05, 0) is 37.9 Å². The smallest absolute Gasteiger partial charge is 0.178 e. The molecule has 0 saturated heterocycles. The van der Waals surface area contributed by atoms with Crippen molar-refractivity contribution in [2.24, 2.45) is 0 Å². The first kappa shape index (κ1) is 9.90. The molecule has 0 aliphatic rings. The van der Waals surface area contributed by atoms with Gasteiger partial charge >= 0.3 is 0 Å². The molecule has 62 valence electrons. The molecule has 0 N–H and O–H groups in total. The van der Waals surface area contributed by atoms with Gasteiger partial charge in [0.1, 0.15) is 0 Å². The van der Waals surface area contributed by atoms with Crippen LogP contribution in [0, 0.1) is 11.3 Å². The van der Waals surface area contributed by atoms with E-state index in [9.17, 15) is 4.79 Å². The molecule has 0 saturated carbocycles. The Morgan fingerprint density at radius 3 is 2.75 bits per heavy atom. The zero-order valence-corrected chi connectivity index (χ0v) is 9.79. The number of ketones is 1. The van der Waals surface area contributed by atoms with E-state index in [1.165, 1.54) is 11.3 Å². The third-order valence-corrected chi connectivity index (χ3v) is 3.54. The predicted molar refractivity (Wildman–Crippen MR) is 54.3 cm³/mol. The van der Waals surface area contributed by atoms with Crippen LogP contribution < -0.4 is 0 Å². The highest BCUT2D eigenvalue weighted by molar-refractivity contribution is 9.12. The lowest BCUT2D eigenvalue weighted by atomic mass is 10.2. The van der Waals surface area contributed by atoms with Crippen molar-refractivity contribution in [3.05, 3.63) is 19.2 Å². The van der Waals surface area contributed by atoms with Crippen LogP contribution in [0.5, 0.6) is 0 Å². The van der Waals surface area contributed by atoms with Crippen molar-refractivity contribution in [3.63, 3.8) is 0 Å². The molecule has 0 aliphatic heterocycles. The van der Waals surface area contributed by atoms with Gasteiger partial charge in [-0.25, -0.2) is 0 Å². The normalized spacial score (nSPS) is 9.42. The number of Topliss-reactive ketones (excluding diaryl/α,β-unsaturated/α-hetero) is 1. The molecule has 0 aliphatic carbocycles. The average Bonchev–Trinajstić information content (AvgIpc) is 2.30. The van der Waals surface area contributed by atoms with Crippen LogP contribution in [0.1, 0.15) is 16.8 Å². The number of nitrogens with zero attached hydrogens (tertiary/aromatic N) is 1. The lowest BCUT2D eigenvalue weighted by molar-refractivity contribution is 0.0997. The molecule has 1 rings (SSSR count). The second kappa shape index (κ2) is 4.17. The van der Waals surface area contributed by atoms with Gasteiger partial charge in [-0.15, -0.1) is 11.3 Å². The van der Waals surface area contributed by atoms with Gasteiger partial charge in [-0.2, -0.15) is 5.26 Å². The standard InChI is InChI=1S/C7H3Br2NOS/c8-6-3-4(7(9)12-6)5(11)1-2-10/h3H,1H2. The van der Waals surface area contributed by atoms with Gasteiger partial charge < -0.3 is 0 Å². The second-order valence-electron chi connectivity index (χ2n) is 2.00. The third-order valence-electron chi connectivity index (χ3n) is 1.20. The molecular weight excluding hydrogens is 306 g/mol. The maximum atomic E-state index is 11.2. The Morgan fingerprint density at radius 2 is 2.33 bits per heavy atom. The highest BCUT2D eigenvalue weighted by Crippen LogP contribution is 2.32. The zero-order chi connectivity index (χ0) is 9.14. The molecule has 0 amide bonds. The monoisotopic (exact) mass is 307 g/mol. The minimum Gasteiger partial charge on any atom is -0.293 e. The third kappa shape index (κ3) is 2.16. The van der Waals surface area contributed by atoms with Crippen LogP contribution in [0.25, 0.3) is 0 Å². The minimum atomic E-state index is -0.147. The molecule has 1 aromatic heterocycles. The zero-order valence-electron chi connectivity index (χ0n) is 5.80. The Hall–Kier alpha value is -0.180. The number of halogens is 2. The number of thiophene rings is 1. The average molecular weight is 309 g/mol. The Morgan fingerprint density at radius 1 is 1.67 bits per heavy atom. The molecule has 2 nitrogen and oxygen atoms in total. The van der Waals surface area contributed by atoms with Crippen LogP contribution in [0.15, 0.2) is 13.6 Å². The van der Waals surface area contributed by atoms with Gasteiger partial charge in [0.05, 0.1) is 20.1 Å². The van der Waals surface area contributed by atoms with E-state index in [2.05, 4.69) is 31.9 Å². The van der Waals surface area contributed by atoms with Crippen molar-refractivity contribution in [3.8, 4) is 6.07 Å². The molecule has 0 radical (unpaired) electrons. The van der Waals surface area contributed by atoms with Crippen LogP contribution in [-0.2, 0) is 0 Å². The van der Waals surface area contributed by atoms with Gasteiger partial charge in [0.2, 0.25) is 0 Å². The molecule has 1 heterocycles. The Kier molecular flexibility index (Phi) is 3.44. The molecule has 0 spiro atoms. The molecular formula is C7H3Br2NOS. The van der Waals surface area contributed by atoms with Crippen LogP contribution >= 0.6 is 43.2 Å². The summed E-state index contributed by atoms with van der Waals surface area (Å²) in [6.45, 7) is 0. The van der Waals surface area contributed by atoms with Crippen LogP contribution in [0.4, 0.5) is 0 Å². The van der Waals surface area contributed by atoms with E-state index < -0.39 is 0 Å². The van der Waals surface area contributed by atoms with Crippen LogP contribution in [0.2, 0.25) is 0 Å². The number of carbonyl (C=O) groups is 1. The quantitative estimate of drug-likeness (QED) is 0.786. The fourth-order valence-electron chi connectivity index (χ4n) is 0.697. The summed E-state index contributed by atoms with van der Waals surface area (Å²) in [5.74, 6) is -0.147. The lowest BCUT2D eigenvalue weighted by Crippen LogP contribution is -1.94. The van der Waals surface area contributed by atoms with Crippen LogP contribution in [-0.4, -0.2) is 5.78 Å². The summed E-state index contributed by atoms with van der Waals surface area (Å²) in [5.41, 5.74) is 0.577. The van der Waals surface area contributed by atoms with E-state index in [-0.39, 0.29) is 12.2 Å². The summed E-state index contributed by atoms with van der Waals surface area (Å²) < 4.78 is 1.66.